The van der Waals surface area contributed by atoms with Gasteiger partial charge in [0.05, 0.1) is 0 Å². The van der Waals surface area contributed by atoms with Gasteiger partial charge in [0, 0.05) is 16.2 Å². The lowest BCUT2D eigenvalue weighted by atomic mass is 10.1. The van der Waals surface area contributed by atoms with Gasteiger partial charge in [0.25, 0.3) is 0 Å². The van der Waals surface area contributed by atoms with E-state index in [0.717, 1.165) is 21.8 Å². The van der Waals surface area contributed by atoms with E-state index >= 15 is 0 Å². The van der Waals surface area contributed by atoms with Crippen molar-refractivity contribution in [3.05, 3.63) is 23.8 Å². The van der Waals surface area contributed by atoms with Gasteiger partial charge < -0.3 is 0 Å². The Bertz CT molecular complexity index is 331. The number of rotatable bonds is 1. The van der Waals surface area contributed by atoms with Gasteiger partial charge in [-0.3, -0.25) is 0 Å². The summed E-state index contributed by atoms with van der Waals surface area (Å²) in [6.07, 6.45) is 0.754. The highest BCUT2D eigenvalue weighted by Gasteiger charge is 1.96. The molecule has 0 radical (unpaired) electrons. The third-order valence-electron chi connectivity index (χ3n) is 1.52. The van der Waals surface area contributed by atoms with Crippen molar-refractivity contribution in [2.24, 2.45) is 0 Å². The first kappa shape index (κ1) is 9.57. The molecule has 1 aromatic rings. The summed E-state index contributed by atoms with van der Waals surface area (Å²) in [5, 5.41) is 0. The molecular weight excluding hydrogens is 184 g/mol. The Morgan fingerprint density at radius 1 is 1.33 bits per heavy atom. The second kappa shape index (κ2) is 4.49. The maximum Gasteiger partial charge on any atom is 0.0351 e. The Hall–Kier alpha value is -0.520. The van der Waals surface area contributed by atoms with E-state index in [2.05, 4.69) is 37.1 Å². The lowest BCUT2D eigenvalue weighted by Gasteiger charge is -2.00. The van der Waals surface area contributed by atoms with E-state index in [1.807, 2.05) is 25.1 Å². The van der Waals surface area contributed by atoms with Crippen LogP contribution in [0, 0.1) is 11.8 Å². The van der Waals surface area contributed by atoms with Gasteiger partial charge >= 0.3 is 0 Å². The predicted molar refractivity (Wildman–Crippen MR) is 58.1 cm³/mol. The van der Waals surface area contributed by atoms with Crippen LogP contribution in [0.4, 0.5) is 0 Å². The van der Waals surface area contributed by atoms with Gasteiger partial charge in [0.1, 0.15) is 0 Å². The molecule has 0 saturated heterocycles. The predicted octanol–water partition coefficient (Wildman–Crippen LogP) is 2.83. The molecule has 0 aromatic heterocycles. The molecule has 12 heavy (non-hydrogen) atoms. The van der Waals surface area contributed by atoms with Crippen LogP contribution in [0.3, 0.4) is 0 Å². The molecule has 1 aromatic carbocycles. The summed E-state index contributed by atoms with van der Waals surface area (Å²) in [6.45, 7) is 1.84. The molecule has 0 aliphatic heterocycles. The normalized spacial score (nSPS) is 8.92. The first-order valence-corrected chi connectivity index (χ1v) is 4.54. The summed E-state index contributed by atoms with van der Waals surface area (Å²) in [5.74, 6) is 5.85. The third-order valence-corrected chi connectivity index (χ3v) is 2.23. The maximum absolute atomic E-state index is 4.32. The molecule has 0 amide bonds. The van der Waals surface area contributed by atoms with Crippen molar-refractivity contribution in [3.8, 4) is 11.8 Å². The second-order valence-electron chi connectivity index (χ2n) is 2.42. The quantitative estimate of drug-likeness (QED) is 0.498. The first-order valence-electron chi connectivity index (χ1n) is 3.64. The SMILES string of the molecule is CC#CCc1cc(S)ccc1S. The molecule has 0 saturated carbocycles. The van der Waals surface area contributed by atoms with E-state index in [9.17, 15) is 0 Å². The molecule has 0 fully saturated rings. The number of thiol groups is 2. The van der Waals surface area contributed by atoms with Crippen molar-refractivity contribution in [3.63, 3.8) is 0 Å². The van der Waals surface area contributed by atoms with Crippen molar-refractivity contribution in [1.82, 2.24) is 0 Å². The van der Waals surface area contributed by atoms with Gasteiger partial charge in [-0.1, -0.05) is 5.92 Å². The third kappa shape index (κ3) is 2.51. The fourth-order valence-corrected chi connectivity index (χ4v) is 1.35. The van der Waals surface area contributed by atoms with Gasteiger partial charge in [0.2, 0.25) is 0 Å². The Morgan fingerprint density at radius 3 is 2.75 bits per heavy atom. The Balaban J connectivity index is 2.94. The molecule has 0 N–H and O–H groups in total. The molecule has 62 valence electrons. The van der Waals surface area contributed by atoms with Crippen LogP contribution in [-0.4, -0.2) is 0 Å². The van der Waals surface area contributed by atoms with E-state index in [1.54, 1.807) is 0 Å². The fraction of sp³-hybridized carbons (Fsp3) is 0.200. The highest BCUT2D eigenvalue weighted by molar-refractivity contribution is 7.80. The smallest absolute Gasteiger partial charge is 0.0351 e. The molecule has 0 nitrogen and oxygen atoms in total. The summed E-state index contributed by atoms with van der Waals surface area (Å²) in [5.41, 5.74) is 1.14. The largest absolute Gasteiger partial charge is 0.143 e. The molecule has 0 heterocycles. The molecular formula is C10H10S2. The van der Waals surface area contributed by atoms with E-state index < -0.39 is 0 Å². The summed E-state index contributed by atoms with van der Waals surface area (Å²) in [6, 6.07) is 5.86. The molecule has 1 rings (SSSR count). The van der Waals surface area contributed by atoms with Crippen LogP contribution >= 0.6 is 25.3 Å². The zero-order chi connectivity index (χ0) is 8.97. The molecule has 0 aliphatic rings. The summed E-state index contributed by atoms with van der Waals surface area (Å²) in [4.78, 5) is 1.94. The van der Waals surface area contributed by atoms with E-state index in [1.165, 1.54) is 0 Å². The topological polar surface area (TPSA) is 0 Å². The van der Waals surface area contributed by atoms with Gasteiger partial charge in [-0.2, -0.15) is 0 Å². The lowest BCUT2D eigenvalue weighted by Crippen LogP contribution is -1.84. The molecule has 0 aliphatic carbocycles. The van der Waals surface area contributed by atoms with Crippen molar-refractivity contribution < 1.29 is 0 Å². The average molecular weight is 194 g/mol. The fourth-order valence-electron chi connectivity index (χ4n) is 0.897. The number of benzene rings is 1. The minimum absolute atomic E-state index is 0.754. The summed E-state index contributed by atoms with van der Waals surface area (Å²) >= 11 is 8.56. The van der Waals surface area contributed by atoms with Gasteiger partial charge in [0.15, 0.2) is 0 Å². The Labute approximate surface area is 84.2 Å². The van der Waals surface area contributed by atoms with Gasteiger partial charge in [-0.25, -0.2) is 0 Å². The van der Waals surface area contributed by atoms with E-state index in [-0.39, 0.29) is 0 Å². The average Bonchev–Trinajstić information content (AvgIpc) is 2.07. The van der Waals surface area contributed by atoms with Crippen molar-refractivity contribution >= 4 is 25.3 Å². The van der Waals surface area contributed by atoms with Crippen LogP contribution in [0.5, 0.6) is 0 Å². The Kier molecular flexibility index (Phi) is 3.58. The number of hydrogen-bond donors (Lipinski definition) is 2. The van der Waals surface area contributed by atoms with Gasteiger partial charge in [-0.15, -0.1) is 31.2 Å². The zero-order valence-electron chi connectivity index (χ0n) is 6.83. The number of hydrogen-bond acceptors (Lipinski definition) is 2. The second-order valence-corrected chi connectivity index (χ2v) is 3.41. The molecule has 2 heteroatoms. The maximum atomic E-state index is 4.32. The highest BCUT2D eigenvalue weighted by Crippen LogP contribution is 2.18. The minimum atomic E-state index is 0.754. The summed E-state index contributed by atoms with van der Waals surface area (Å²) in [7, 11) is 0. The van der Waals surface area contributed by atoms with Crippen LogP contribution in [0.1, 0.15) is 12.5 Å². The van der Waals surface area contributed by atoms with E-state index in [4.69, 9.17) is 0 Å². The van der Waals surface area contributed by atoms with Crippen molar-refractivity contribution in [1.29, 1.82) is 0 Å². The highest BCUT2D eigenvalue weighted by atomic mass is 32.1. The monoisotopic (exact) mass is 194 g/mol. The van der Waals surface area contributed by atoms with Crippen LogP contribution in [-0.2, 0) is 6.42 Å². The standard InChI is InChI=1S/C10H10S2/c1-2-3-4-8-7-9(11)5-6-10(8)12/h5-7,11-12H,4H2,1H3. The minimum Gasteiger partial charge on any atom is -0.143 e. The van der Waals surface area contributed by atoms with Crippen molar-refractivity contribution in [2.75, 3.05) is 0 Å². The summed E-state index contributed by atoms with van der Waals surface area (Å²) < 4.78 is 0. The van der Waals surface area contributed by atoms with E-state index in [0.29, 0.717) is 0 Å². The van der Waals surface area contributed by atoms with Crippen LogP contribution < -0.4 is 0 Å². The molecule has 0 atom stereocenters. The molecule has 0 unspecified atom stereocenters. The first-order chi connectivity index (χ1) is 5.74. The van der Waals surface area contributed by atoms with Crippen LogP contribution in [0.25, 0.3) is 0 Å². The van der Waals surface area contributed by atoms with Crippen molar-refractivity contribution in [2.45, 2.75) is 23.1 Å². The van der Waals surface area contributed by atoms with Gasteiger partial charge in [-0.05, 0) is 30.7 Å². The molecule has 0 bridgehead atoms. The van der Waals surface area contributed by atoms with Crippen LogP contribution in [0.15, 0.2) is 28.0 Å². The Morgan fingerprint density at radius 2 is 2.08 bits per heavy atom. The molecule has 0 spiro atoms. The lowest BCUT2D eigenvalue weighted by molar-refractivity contribution is 1.18. The van der Waals surface area contributed by atoms with Crippen LogP contribution in [0.2, 0.25) is 0 Å². The zero-order valence-corrected chi connectivity index (χ0v) is 8.62.